The predicted molar refractivity (Wildman–Crippen MR) is 140 cm³/mol. The molecule has 9 nitrogen and oxygen atoms in total. The number of rotatable bonds is 6. The van der Waals surface area contributed by atoms with Crippen molar-refractivity contribution in [1.82, 2.24) is 25.3 Å². The molecule has 0 aliphatic carbocycles. The Balaban J connectivity index is 1.94. The summed E-state index contributed by atoms with van der Waals surface area (Å²) < 4.78 is 5.46. The Hall–Kier alpha value is -3.07. The molecule has 1 fully saturated rings. The average molecular weight is 500 g/mol. The van der Waals surface area contributed by atoms with E-state index in [1.165, 1.54) is 10.5 Å². The Kier molecular flexibility index (Phi) is 8.66. The summed E-state index contributed by atoms with van der Waals surface area (Å²) in [6, 6.07) is 7.10. The van der Waals surface area contributed by atoms with E-state index in [2.05, 4.69) is 36.3 Å². The van der Waals surface area contributed by atoms with Gasteiger partial charge < -0.3 is 20.3 Å². The minimum atomic E-state index is -0.606. The number of piperazine rings is 1. The van der Waals surface area contributed by atoms with E-state index in [-0.39, 0.29) is 30.1 Å². The molecule has 4 amide bonds. The van der Waals surface area contributed by atoms with Crippen LogP contribution in [0.15, 0.2) is 35.5 Å². The zero-order valence-electron chi connectivity index (χ0n) is 22.7. The van der Waals surface area contributed by atoms with Crippen LogP contribution in [-0.4, -0.2) is 85.2 Å². The second-order valence-electron chi connectivity index (χ2n) is 10.5. The number of likely N-dealkylation sites (N-methyl/N-ethyl adjacent to an activating group) is 1. The first-order valence-corrected chi connectivity index (χ1v) is 12.8. The summed E-state index contributed by atoms with van der Waals surface area (Å²) in [5, 5.41) is 5.86. The van der Waals surface area contributed by atoms with Crippen LogP contribution in [0.5, 0.6) is 0 Å². The van der Waals surface area contributed by atoms with Gasteiger partial charge in [0.25, 0.3) is 0 Å². The Morgan fingerprint density at radius 2 is 1.81 bits per heavy atom. The molecular formula is C27H41N5O4. The molecule has 0 bridgehead atoms. The maximum absolute atomic E-state index is 13.3. The number of urea groups is 2. The highest BCUT2D eigenvalue weighted by molar-refractivity contribution is 5.95. The number of hydrogen-bond acceptors (Lipinski definition) is 5. The largest absolute Gasteiger partial charge is 0.463 e. The molecule has 9 heteroatoms. The van der Waals surface area contributed by atoms with Crippen LogP contribution in [0.3, 0.4) is 0 Å². The topological polar surface area (TPSA) is 94.2 Å². The Labute approximate surface area is 214 Å². The Morgan fingerprint density at radius 3 is 2.36 bits per heavy atom. The number of ether oxygens (including phenoxy) is 1. The maximum Gasteiger partial charge on any atom is 0.338 e. The third-order valence-corrected chi connectivity index (χ3v) is 6.86. The van der Waals surface area contributed by atoms with Crippen molar-refractivity contribution in [2.45, 2.75) is 59.0 Å². The van der Waals surface area contributed by atoms with E-state index >= 15 is 0 Å². The smallest absolute Gasteiger partial charge is 0.338 e. The quantitative estimate of drug-likeness (QED) is 0.586. The van der Waals surface area contributed by atoms with Gasteiger partial charge in [-0.05, 0) is 37.3 Å². The summed E-state index contributed by atoms with van der Waals surface area (Å²) in [6.07, 6.45) is 0. The van der Waals surface area contributed by atoms with E-state index in [1.54, 1.807) is 14.0 Å². The van der Waals surface area contributed by atoms with Gasteiger partial charge in [0.15, 0.2) is 0 Å². The zero-order chi connectivity index (χ0) is 26.6. The second-order valence-corrected chi connectivity index (χ2v) is 10.5. The summed E-state index contributed by atoms with van der Waals surface area (Å²) in [5.41, 5.74) is 3.07. The predicted octanol–water partition coefficient (Wildman–Crippen LogP) is 3.23. The number of benzene rings is 1. The van der Waals surface area contributed by atoms with Crippen molar-refractivity contribution in [2.75, 3.05) is 46.4 Å². The molecule has 0 saturated carbocycles. The van der Waals surface area contributed by atoms with Crippen LogP contribution in [0.25, 0.3) is 0 Å². The maximum atomic E-state index is 13.3. The first-order valence-electron chi connectivity index (χ1n) is 12.8. The fourth-order valence-electron chi connectivity index (χ4n) is 4.77. The molecule has 1 aromatic carbocycles. The van der Waals surface area contributed by atoms with Crippen LogP contribution in [0, 0.1) is 0 Å². The van der Waals surface area contributed by atoms with Gasteiger partial charge in [0.2, 0.25) is 0 Å². The number of amides is 4. The van der Waals surface area contributed by atoms with Gasteiger partial charge in [-0.25, -0.2) is 14.4 Å². The van der Waals surface area contributed by atoms with Crippen molar-refractivity contribution in [1.29, 1.82) is 0 Å². The summed E-state index contributed by atoms with van der Waals surface area (Å²) in [5.74, 6) is -0.432. The van der Waals surface area contributed by atoms with Crippen LogP contribution >= 0.6 is 0 Å². The van der Waals surface area contributed by atoms with Gasteiger partial charge in [-0.2, -0.15) is 0 Å². The highest BCUT2D eigenvalue weighted by atomic mass is 16.5. The minimum Gasteiger partial charge on any atom is -0.463 e. The summed E-state index contributed by atoms with van der Waals surface area (Å²) in [7, 11) is 1.68. The van der Waals surface area contributed by atoms with Gasteiger partial charge >= 0.3 is 18.0 Å². The fourth-order valence-corrected chi connectivity index (χ4v) is 4.77. The van der Waals surface area contributed by atoms with E-state index in [9.17, 15) is 14.4 Å². The first kappa shape index (κ1) is 27.5. The van der Waals surface area contributed by atoms with Crippen LogP contribution in [0.4, 0.5) is 9.59 Å². The van der Waals surface area contributed by atoms with Crippen molar-refractivity contribution in [3.05, 3.63) is 46.7 Å². The lowest BCUT2D eigenvalue weighted by Gasteiger charge is -2.42. The lowest BCUT2D eigenvalue weighted by molar-refractivity contribution is -0.139. The number of carbonyl (C=O) groups is 3. The molecule has 2 aliphatic heterocycles. The van der Waals surface area contributed by atoms with Crippen molar-refractivity contribution >= 4 is 18.0 Å². The molecule has 0 spiro atoms. The Morgan fingerprint density at radius 1 is 1.14 bits per heavy atom. The first-order chi connectivity index (χ1) is 17.0. The van der Waals surface area contributed by atoms with Crippen molar-refractivity contribution in [3.8, 4) is 0 Å². The lowest BCUT2D eigenvalue weighted by atomic mass is 9.85. The molecule has 36 heavy (non-hydrogen) atoms. The van der Waals surface area contributed by atoms with E-state index in [1.807, 2.05) is 43.0 Å². The van der Waals surface area contributed by atoms with Gasteiger partial charge in [0, 0.05) is 51.5 Å². The molecule has 2 atom stereocenters. The Bertz CT molecular complexity index is 998. The normalized spacial score (nSPS) is 21.4. The number of nitrogens with zero attached hydrogens (tertiary/aromatic N) is 3. The zero-order valence-corrected chi connectivity index (χ0v) is 22.7. The van der Waals surface area contributed by atoms with Crippen molar-refractivity contribution < 1.29 is 19.1 Å². The molecule has 2 unspecified atom stereocenters. The number of esters is 1. The number of hydrogen-bond donors (Lipinski definition) is 2. The van der Waals surface area contributed by atoms with Gasteiger partial charge in [-0.3, -0.25) is 9.80 Å². The van der Waals surface area contributed by atoms with E-state index < -0.39 is 12.0 Å². The summed E-state index contributed by atoms with van der Waals surface area (Å²) >= 11 is 0. The average Bonchev–Trinajstić information content (AvgIpc) is 2.81. The van der Waals surface area contributed by atoms with Crippen LogP contribution in [0.2, 0.25) is 0 Å². The van der Waals surface area contributed by atoms with E-state index in [4.69, 9.17) is 4.74 Å². The summed E-state index contributed by atoms with van der Waals surface area (Å²) in [4.78, 5) is 44.1. The summed E-state index contributed by atoms with van der Waals surface area (Å²) in [6.45, 7) is 15.2. The highest BCUT2D eigenvalue weighted by Gasteiger charge is 2.38. The minimum absolute atomic E-state index is 0.000376. The third kappa shape index (κ3) is 6.00. The SMILES string of the molecule is CCNC(=O)N1CCN(CC2=C(C(=O)OCC)C(c3ccc(C(C)(C)C)cc3)NC(=O)N2C)CC1C. The fraction of sp³-hybridized carbons (Fsp3) is 0.593. The van der Waals surface area contributed by atoms with Crippen molar-refractivity contribution in [3.63, 3.8) is 0 Å². The highest BCUT2D eigenvalue weighted by Crippen LogP contribution is 2.33. The monoisotopic (exact) mass is 499 g/mol. The van der Waals surface area contributed by atoms with Gasteiger partial charge in [-0.1, -0.05) is 45.0 Å². The molecule has 198 valence electrons. The third-order valence-electron chi connectivity index (χ3n) is 6.86. The van der Waals surface area contributed by atoms with Gasteiger partial charge in [-0.15, -0.1) is 0 Å². The molecule has 0 aromatic heterocycles. The molecule has 0 radical (unpaired) electrons. The van der Waals surface area contributed by atoms with Gasteiger partial charge in [0.1, 0.15) is 0 Å². The van der Waals surface area contributed by atoms with Crippen molar-refractivity contribution in [2.24, 2.45) is 0 Å². The van der Waals surface area contributed by atoms with Crippen LogP contribution in [-0.2, 0) is 14.9 Å². The molecule has 2 aliphatic rings. The van der Waals surface area contributed by atoms with E-state index in [0.717, 1.165) is 5.56 Å². The molecule has 1 saturated heterocycles. The van der Waals surface area contributed by atoms with Crippen LogP contribution < -0.4 is 10.6 Å². The standard InChI is InChI=1S/C27H41N5O4/c1-8-28-25(34)32-15-14-31(16-18(32)3)17-21-22(24(33)36-9-2)23(29-26(35)30(21)7)19-10-12-20(13-11-19)27(4,5)6/h10-13,18,23H,8-9,14-17H2,1-7H3,(H,28,34)(H,29,35). The van der Waals surface area contributed by atoms with Crippen LogP contribution in [0.1, 0.15) is 58.7 Å². The molecule has 2 heterocycles. The lowest BCUT2D eigenvalue weighted by Crippen LogP contribution is -2.57. The molecule has 1 aromatic rings. The number of nitrogens with one attached hydrogen (secondary N) is 2. The molecule has 2 N–H and O–H groups in total. The molecular weight excluding hydrogens is 458 g/mol. The molecule has 3 rings (SSSR count). The van der Waals surface area contributed by atoms with Gasteiger partial charge in [0.05, 0.1) is 18.2 Å². The number of carbonyl (C=O) groups excluding carboxylic acids is 3. The second kappa shape index (κ2) is 11.3. The van der Waals surface area contributed by atoms with E-state index in [0.29, 0.717) is 44.0 Å².